The van der Waals surface area contributed by atoms with E-state index in [1.54, 1.807) is 0 Å². The Balaban J connectivity index is 2.34. The van der Waals surface area contributed by atoms with Crippen LogP contribution in [0.1, 0.15) is 30.6 Å². The van der Waals surface area contributed by atoms with Crippen LogP contribution in [0.15, 0.2) is 21.5 Å². The molecule has 1 fully saturated rings. The van der Waals surface area contributed by atoms with E-state index in [-0.39, 0.29) is 21.5 Å². The molecule has 2 rings (SSSR count). The van der Waals surface area contributed by atoms with Crippen LogP contribution in [0.5, 0.6) is 0 Å². The molecule has 20 heavy (non-hydrogen) atoms. The summed E-state index contributed by atoms with van der Waals surface area (Å²) in [6.45, 7) is 4.01. The van der Waals surface area contributed by atoms with E-state index in [0.29, 0.717) is 0 Å². The second kappa shape index (κ2) is 4.96. The summed E-state index contributed by atoms with van der Waals surface area (Å²) in [5, 5.41) is 2.77. The van der Waals surface area contributed by atoms with Gasteiger partial charge in [-0.2, -0.15) is 0 Å². The lowest BCUT2D eigenvalue weighted by molar-refractivity contribution is 0.0945. The number of carbonyl (C=O) groups is 1. The molecule has 4 nitrogen and oxygen atoms in total. The van der Waals surface area contributed by atoms with Gasteiger partial charge >= 0.3 is 0 Å². The van der Waals surface area contributed by atoms with Gasteiger partial charge in [-0.15, -0.1) is 0 Å². The number of benzene rings is 1. The highest BCUT2D eigenvalue weighted by atomic mass is 79.9. The number of halogens is 3. The molecule has 1 saturated carbocycles. The lowest BCUT2D eigenvalue weighted by Gasteiger charge is -2.10. The number of carbonyl (C=O) groups excluding carboxylic acids is 1. The first-order valence-electron chi connectivity index (χ1n) is 5.77. The molecule has 1 amide bonds. The molecular weight excluding hydrogens is 373 g/mol. The Hall–Kier alpha value is -0.660. The van der Waals surface area contributed by atoms with Crippen LogP contribution in [0.4, 0.5) is 4.39 Å². The van der Waals surface area contributed by atoms with E-state index in [4.69, 9.17) is 10.7 Å². The zero-order chi connectivity index (χ0) is 15.3. The quantitative estimate of drug-likeness (QED) is 0.815. The molecule has 8 heteroatoms. The third-order valence-corrected chi connectivity index (χ3v) is 5.34. The van der Waals surface area contributed by atoms with Gasteiger partial charge in [-0.25, -0.2) is 12.8 Å². The molecule has 1 aliphatic carbocycles. The fourth-order valence-corrected chi connectivity index (χ4v) is 3.24. The standard InChI is InChI=1S/C12H12BrClFNO3S/c1-12(2)5-10(12)16-11(17)6-3-9(20(14,18)19)8(15)4-7(6)13/h3-4,10H,5H2,1-2H3,(H,16,17). The molecule has 1 N–H and O–H groups in total. The fourth-order valence-electron chi connectivity index (χ4n) is 1.84. The van der Waals surface area contributed by atoms with E-state index in [2.05, 4.69) is 21.2 Å². The number of nitrogens with one attached hydrogen (secondary N) is 1. The van der Waals surface area contributed by atoms with Gasteiger partial charge in [0.1, 0.15) is 10.7 Å². The number of hydrogen-bond donors (Lipinski definition) is 1. The lowest BCUT2D eigenvalue weighted by Crippen LogP contribution is -2.28. The normalized spacial score (nSPS) is 20.6. The van der Waals surface area contributed by atoms with Gasteiger partial charge in [0.15, 0.2) is 0 Å². The van der Waals surface area contributed by atoms with E-state index in [1.807, 2.05) is 13.8 Å². The Morgan fingerprint density at radius 3 is 2.50 bits per heavy atom. The fraction of sp³-hybridized carbons (Fsp3) is 0.417. The molecule has 0 saturated heterocycles. The van der Waals surface area contributed by atoms with Crippen molar-refractivity contribution in [3.63, 3.8) is 0 Å². The van der Waals surface area contributed by atoms with E-state index < -0.39 is 25.7 Å². The van der Waals surface area contributed by atoms with Gasteiger partial charge in [0.25, 0.3) is 15.0 Å². The van der Waals surface area contributed by atoms with Crippen LogP contribution in [-0.2, 0) is 9.05 Å². The molecule has 1 atom stereocenters. The Morgan fingerprint density at radius 1 is 1.50 bits per heavy atom. The summed E-state index contributed by atoms with van der Waals surface area (Å²) in [6.07, 6.45) is 0.845. The largest absolute Gasteiger partial charge is 0.349 e. The molecule has 0 heterocycles. The van der Waals surface area contributed by atoms with Crippen molar-refractivity contribution in [2.24, 2.45) is 5.41 Å². The van der Waals surface area contributed by atoms with Gasteiger partial charge in [0.2, 0.25) is 0 Å². The molecule has 0 aliphatic heterocycles. The predicted octanol–water partition coefficient (Wildman–Crippen LogP) is 3.04. The van der Waals surface area contributed by atoms with Gasteiger partial charge in [-0.05, 0) is 39.9 Å². The topological polar surface area (TPSA) is 63.2 Å². The molecule has 1 aromatic carbocycles. The van der Waals surface area contributed by atoms with E-state index in [9.17, 15) is 17.6 Å². The summed E-state index contributed by atoms with van der Waals surface area (Å²) in [5.41, 5.74) is 0.0668. The molecule has 0 spiro atoms. The third kappa shape index (κ3) is 3.15. The smallest absolute Gasteiger partial charge is 0.264 e. The second-order valence-electron chi connectivity index (χ2n) is 5.42. The first kappa shape index (κ1) is 15.7. The third-order valence-electron chi connectivity index (χ3n) is 3.35. The minimum absolute atomic E-state index is 0.0306. The zero-order valence-electron chi connectivity index (χ0n) is 10.7. The molecule has 1 aliphatic rings. The summed E-state index contributed by atoms with van der Waals surface area (Å²) >= 11 is 3.05. The van der Waals surface area contributed by atoms with Gasteiger partial charge < -0.3 is 5.32 Å². The minimum atomic E-state index is -4.25. The van der Waals surface area contributed by atoms with Crippen LogP contribution >= 0.6 is 26.6 Å². The molecule has 1 unspecified atom stereocenters. The number of rotatable bonds is 3. The molecule has 0 aromatic heterocycles. The highest BCUT2D eigenvalue weighted by Gasteiger charge is 2.46. The maximum Gasteiger partial charge on any atom is 0.264 e. The molecule has 110 valence electrons. The molecule has 1 aromatic rings. The second-order valence-corrected chi connectivity index (χ2v) is 8.81. The highest BCUT2D eigenvalue weighted by molar-refractivity contribution is 9.10. The maximum atomic E-state index is 13.6. The van der Waals surface area contributed by atoms with E-state index in [0.717, 1.165) is 18.6 Å². The maximum absolute atomic E-state index is 13.6. The average molecular weight is 385 g/mol. The summed E-state index contributed by atoms with van der Waals surface area (Å²) in [4.78, 5) is 11.4. The first-order valence-corrected chi connectivity index (χ1v) is 8.87. The highest BCUT2D eigenvalue weighted by Crippen LogP contribution is 2.44. The summed E-state index contributed by atoms with van der Waals surface area (Å²) < 4.78 is 36.3. The van der Waals surface area contributed by atoms with Crippen molar-refractivity contribution in [2.45, 2.75) is 31.2 Å². The molecule has 0 radical (unpaired) electrons. The van der Waals surface area contributed by atoms with Crippen molar-refractivity contribution >= 4 is 41.6 Å². The van der Waals surface area contributed by atoms with Gasteiger partial charge in [-0.1, -0.05) is 13.8 Å². The van der Waals surface area contributed by atoms with Crippen molar-refractivity contribution in [1.29, 1.82) is 0 Å². The molecular formula is C12H12BrClFNO3S. The summed E-state index contributed by atoms with van der Waals surface area (Å²) in [7, 11) is 0.896. The number of hydrogen-bond acceptors (Lipinski definition) is 3. The first-order chi connectivity index (χ1) is 9.02. The average Bonchev–Trinajstić information content (AvgIpc) is 2.83. The Kier molecular flexibility index (Phi) is 3.90. The van der Waals surface area contributed by atoms with Crippen LogP contribution in [-0.4, -0.2) is 20.4 Å². The minimum Gasteiger partial charge on any atom is -0.349 e. The van der Waals surface area contributed by atoms with E-state index in [1.165, 1.54) is 0 Å². The SMILES string of the molecule is CC1(C)CC1NC(=O)c1cc(S(=O)(=O)Cl)c(F)cc1Br. The van der Waals surface area contributed by atoms with Crippen LogP contribution in [0.3, 0.4) is 0 Å². The Morgan fingerprint density at radius 2 is 2.05 bits per heavy atom. The Labute approximate surface area is 129 Å². The van der Waals surface area contributed by atoms with Crippen molar-refractivity contribution in [1.82, 2.24) is 5.32 Å². The van der Waals surface area contributed by atoms with Crippen molar-refractivity contribution < 1.29 is 17.6 Å². The van der Waals surface area contributed by atoms with Gasteiger partial charge in [-0.3, -0.25) is 4.79 Å². The van der Waals surface area contributed by atoms with Crippen molar-refractivity contribution in [2.75, 3.05) is 0 Å². The van der Waals surface area contributed by atoms with Crippen LogP contribution in [0.2, 0.25) is 0 Å². The monoisotopic (exact) mass is 383 g/mol. The van der Waals surface area contributed by atoms with Crippen LogP contribution in [0.25, 0.3) is 0 Å². The van der Waals surface area contributed by atoms with E-state index >= 15 is 0 Å². The predicted molar refractivity (Wildman–Crippen MR) is 76.8 cm³/mol. The van der Waals surface area contributed by atoms with Crippen LogP contribution < -0.4 is 5.32 Å². The van der Waals surface area contributed by atoms with Gasteiger partial charge in [0, 0.05) is 21.2 Å². The van der Waals surface area contributed by atoms with Crippen molar-refractivity contribution in [3.05, 3.63) is 28.0 Å². The zero-order valence-corrected chi connectivity index (χ0v) is 13.9. The number of amides is 1. The molecule has 0 bridgehead atoms. The lowest BCUT2D eigenvalue weighted by atomic mass is 10.1. The van der Waals surface area contributed by atoms with Crippen LogP contribution in [0, 0.1) is 11.2 Å². The summed E-state index contributed by atoms with van der Waals surface area (Å²) in [5.74, 6) is -1.47. The summed E-state index contributed by atoms with van der Waals surface area (Å²) in [6, 6.07) is 1.89. The Bertz CT molecular complexity index is 690. The van der Waals surface area contributed by atoms with Crippen molar-refractivity contribution in [3.8, 4) is 0 Å². The van der Waals surface area contributed by atoms with Gasteiger partial charge in [0.05, 0.1) is 5.56 Å².